The number of nitrogens with one attached hydrogen (secondary N) is 1. The fourth-order valence-corrected chi connectivity index (χ4v) is 4.63. The lowest BCUT2D eigenvalue weighted by Gasteiger charge is -2.10. The van der Waals surface area contributed by atoms with E-state index >= 15 is 0 Å². The van der Waals surface area contributed by atoms with Crippen LogP contribution in [-0.4, -0.2) is 22.4 Å². The molecule has 1 N–H and O–H groups in total. The first-order valence-electron chi connectivity index (χ1n) is 9.44. The number of carbonyl (C=O) groups excluding carboxylic acids is 1. The van der Waals surface area contributed by atoms with E-state index in [2.05, 4.69) is 34.2 Å². The van der Waals surface area contributed by atoms with Crippen LogP contribution < -0.4 is 5.43 Å². The quantitative estimate of drug-likeness (QED) is 0.343. The van der Waals surface area contributed by atoms with Crippen molar-refractivity contribution in [1.82, 2.24) is 9.99 Å². The molecule has 0 radical (unpaired) electrons. The lowest BCUT2D eigenvalue weighted by molar-refractivity contribution is -0.118. The van der Waals surface area contributed by atoms with Crippen molar-refractivity contribution in [3.05, 3.63) is 86.7 Å². The third-order valence-corrected chi connectivity index (χ3v) is 6.14. The van der Waals surface area contributed by atoms with Crippen molar-refractivity contribution in [2.75, 3.05) is 5.75 Å². The molecule has 0 saturated heterocycles. The van der Waals surface area contributed by atoms with Gasteiger partial charge in [0.1, 0.15) is 0 Å². The minimum atomic E-state index is -0.125. The summed E-state index contributed by atoms with van der Waals surface area (Å²) in [5.74, 6) is 1.03. The molecule has 3 rings (SSSR count). The van der Waals surface area contributed by atoms with Crippen LogP contribution in [-0.2, 0) is 10.5 Å². The van der Waals surface area contributed by atoms with E-state index in [-0.39, 0.29) is 5.91 Å². The molecule has 0 fully saturated rings. The molecule has 1 heterocycles. The Balaban J connectivity index is 1.60. The third-order valence-electron chi connectivity index (χ3n) is 4.72. The maximum absolute atomic E-state index is 12.1. The van der Waals surface area contributed by atoms with Gasteiger partial charge >= 0.3 is 0 Å². The zero-order valence-electron chi connectivity index (χ0n) is 17.1. The zero-order valence-corrected chi connectivity index (χ0v) is 19.4. The Morgan fingerprint density at radius 2 is 1.80 bits per heavy atom. The number of benzene rings is 2. The van der Waals surface area contributed by atoms with Crippen molar-refractivity contribution >= 4 is 47.1 Å². The molecular weight excluding hydrogens is 437 g/mol. The van der Waals surface area contributed by atoms with Gasteiger partial charge in [-0.05, 0) is 56.2 Å². The first kappa shape index (κ1) is 22.5. The van der Waals surface area contributed by atoms with E-state index in [9.17, 15) is 4.79 Å². The van der Waals surface area contributed by atoms with Crippen LogP contribution in [0.1, 0.15) is 28.1 Å². The molecule has 0 saturated carbocycles. The summed E-state index contributed by atoms with van der Waals surface area (Å²) in [7, 11) is 0. The van der Waals surface area contributed by atoms with Crippen molar-refractivity contribution in [1.29, 1.82) is 0 Å². The van der Waals surface area contributed by atoms with Gasteiger partial charge in [-0.25, -0.2) is 5.43 Å². The SMILES string of the molecule is Cc1ccccc1CSCC(=O)N/N=C/c1cc(C)n(-c2cc(Cl)cc(Cl)c2)c1C. The molecule has 4 nitrogen and oxygen atoms in total. The van der Waals surface area contributed by atoms with Gasteiger partial charge in [0.2, 0.25) is 5.91 Å². The van der Waals surface area contributed by atoms with Crippen molar-refractivity contribution in [2.45, 2.75) is 26.5 Å². The Labute approximate surface area is 191 Å². The van der Waals surface area contributed by atoms with E-state index in [4.69, 9.17) is 23.2 Å². The fraction of sp³-hybridized carbons (Fsp3) is 0.217. The second-order valence-electron chi connectivity index (χ2n) is 7.00. The van der Waals surface area contributed by atoms with Crippen LogP contribution in [0.4, 0.5) is 0 Å². The summed E-state index contributed by atoms with van der Waals surface area (Å²) < 4.78 is 2.05. The molecule has 0 atom stereocenters. The average Bonchev–Trinajstić information content (AvgIpc) is 2.96. The molecule has 7 heteroatoms. The highest BCUT2D eigenvalue weighted by Crippen LogP contribution is 2.26. The van der Waals surface area contributed by atoms with Gasteiger partial charge < -0.3 is 4.57 Å². The molecule has 0 aliphatic heterocycles. The van der Waals surface area contributed by atoms with Crippen LogP contribution in [0.3, 0.4) is 0 Å². The van der Waals surface area contributed by atoms with Gasteiger partial charge in [-0.1, -0.05) is 47.5 Å². The summed E-state index contributed by atoms with van der Waals surface area (Å²) in [5, 5.41) is 5.28. The molecule has 30 heavy (non-hydrogen) atoms. The first-order valence-corrected chi connectivity index (χ1v) is 11.4. The van der Waals surface area contributed by atoms with Crippen molar-refractivity contribution in [2.24, 2.45) is 5.10 Å². The normalized spacial score (nSPS) is 11.2. The van der Waals surface area contributed by atoms with E-state index in [0.717, 1.165) is 28.4 Å². The van der Waals surface area contributed by atoms with E-state index in [1.807, 2.05) is 44.2 Å². The fourth-order valence-electron chi connectivity index (χ4n) is 3.22. The highest BCUT2D eigenvalue weighted by atomic mass is 35.5. The van der Waals surface area contributed by atoms with Crippen LogP contribution in [0.5, 0.6) is 0 Å². The molecular formula is C23H23Cl2N3OS. The maximum Gasteiger partial charge on any atom is 0.250 e. The third kappa shape index (κ3) is 5.69. The second kappa shape index (κ2) is 10.2. The highest BCUT2D eigenvalue weighted by Gasteiger charge is 2.11. The topological polar surface area (TPSA) is 46.4 Å². The molecule has 156 valence electrons. The predicted molar refractivity (Wildman–Crippen MR) is 128 cm³/mol. The number of aromatic nitrogens is 1. The van der Waals surface area contributed by atoms with Gasteiger partial charge in [-0.15, -0.1) is 11.8 Å². The molecule has 2 aromatic carbocycles. The molecule has 0 unspecified atom stereocenters. The van der Waals surface area contributed by atoms with Crippen molar-refractivity contribution < 1.29 is 4.79 Å². The Bertz CT molecular complexity index is 1070. The van der Waals surface area contributed by atoms with E-state index in [1.54, 1.807) is 24.0 Å². The monoisotopic (exact) mass is 459 g/mol. The summed E-state index contributed by atoms with van der Waals surface area (Å²) in [6.07, 6.45) is 1.66. The van der Waals surface area contributed by atoms with E-state index in [1.165, 1.54) is 11.1 Å². The molecule has 0 aliphatic carbocycles. The number of hydrogen-bond acceptors (Lipinski definition) is 3. The second-order valence-corrected chi connectivity index (χ2v) is 8.86. The zero-order chi connectivity index (χ0) is 21.7. The van der Waals surface area contributed by atoms with Gasteiger partial charge in [-0.2, -0.15) is 5.10 Å². The van der Waals surface area contributed by atoms with Crippen LogP contribution in [0, 0.1) is 20.8 Å². The number of carbonyl (C=O) groups is 1. The van der Waals surface area contributed by atoms with Gasteiger partial charge in [-0.3, -0.25) is 4.79 Å². The Hall–Kier alpha value is -2.21. The van der Waals surface area contributed by atoms with Crippen LogP contribution >= 0.6 is 35.0 Å². The standard InChI is InChI=1S/C23H23Cl2N3OS/c1-15-6-4-5-7-18(15)13-30-14-23(29)27-26-12-19-8-16(2)28(17(19)3)22-10-20(24)9-21(25)11-22/h4-12H,13-14H2,1-3H3,(H,27,29)/b26-12+. The Kier molecular flexibility index (Phi) is 7.64. The summed E-state index contributed by atoms with van der Waals surface area (Å²) >= 11 is 13.9. The molecule has 0 spiro atoms. The Morgan fingerprint density at radius 1 is 1.10 bits per heavy atom. The number of amides is 1. The molecule has 0 bridgehead atoms. The minimum Gasteiger partial charge on any atom is -0.318 e. The number of rotatable bonds is 7. The predicted octanol–water partition coefficient (Wildman–Crippen LogP) is 6.09. The maximum atomic E-state index is 12.1. The number of thioether (sulfide) groups is 1. The first-order chi connectivity index (χ1) is 14.3. The smallest absolute Gasteiger partial charge is 0.250 e. The highest BCUT2D eigenvalue weighted by molar-refractivity contribution is 7.99. The molecule has 0 aliphatic rings. The van der Waals surface area contributed by atoms with Crippen LogP contribution in [0.25, 0.3) is 5.69 Å². The molecule has 1 amide bonds. The lowest BCUT2D eigenvalue weighted by atomic mass is 10.1. The summed E-state index contributed by atoms with van der Waals surface area (Å²) in [5.41, 5.74) is 8.89. The number of halogens is 2. The molecule has 1 aromatic heterocycles. The average molecular weight is 460 g/mol. The van der Waals surface area contributed by atoms with Gasteiger partial charge in [0.15, 0.2) is 0 Å². The summed E-state index contributed by atoms with van der Waals surface area (Å²) in [6.45, 7) is 6.07. The van der Waals surface area contributed by atoms with Crippen LogP contribution in [0.15, 0.2) is 53.6 Å². The van der Waals surface area contributed by atoms with E-state index in [0.29, 0.717) is 15.8 Å². The number of hydrogen-bond donors (Lipinski definition) is 1. The van der Waals surface area contributed by atoms with Crippen molar-refractivity contribution in [3.63, 3.8) is 0 Å². The van der Waals surface area contributed by atoms with Crippen molar-refractivity contribution in [3.8, 4) is 5.69 Å². The van der Waals surface area contributed by atoms with Gasteiger partial charge in [0.25, 0.3) is 0 Å². The molecule has 3 aromatic rings. The van der Waals surface area contributed by atoms with Gasteiger partial charge in [0, 0.05) is 38.4 Å². The summed E-state index contributed by atoms with van der Waals surface area (Å²) in [4.78, 5) is 12.1. The number of nitrogens with zero attached hydrogens (tertiary/aromatic N) is 2. The lowest BCUT2D eigenvalue weighted by Crippen LogP contribution is -2.19. The largest absolute Gasteiger partial charge is 0.318 e. The Morgan fingerprint density at radius 3 is 2.50 bits per heavy atom. The van der Waals surface area contributed by atoms with Gasteiger partial charge in [0.05, 0.1) is 12.0 Å². The van der Waals surface area contributed by atoms with E-state index < -0.39 is 0 Å². The number of aryl methyl sites for hydroxylation is 2. The number of hydrazone groups is 1. The van der Waals surface area contributed by atoms with Crippen LogP contribution in [0.2, 0.25) is 10.0 Å². The summed E-state index contributed by atoms with van der Waals surface area (Å²) in [6, 6.07) is 15.6. The minimum absolute atomic E-state index is 0.125.